The van der Waals surface area contributed by atoms with E-state index in [1.165, 1.54) is 24.3 Å². The van der Waals surface area contributed by atoms with Crippen molar-refractivity contribution in [1.29, 1.82) is 0 Å². The summed E-state index contributed by atoms with van der Waals surface area (Å²) in [4.78, 5) is 22.0. The average molecular weight is 320 g/mol. The number of nitrogens with one attached hydrogen (secondary N) is 1. The Labute approximate surface area is 124 Å². The molecule has 1 aromatic rings. The molecular weight excluding hydrogens is 305 g/mol. The molecule has 3 N–H and O–H groups in total. The van der Waals surface area contributed by atoms with Gasteiger partial charge in [0, 0.05) is 5.69 Å². The van der Waals surface area contributed by atoms with Crippen LogP contribution in [0.3, 0.4) is 0 Å². The van der Waals surface area contributed by atoms with E-state index in [0.717, 1.165) is 0 Å². The molecule has 2 amide bonds. The van der Waals surface area contributed by atoms with Crippen molar-refractivity contribution in [2.24, 2.45) is 5.73 Å². The van der Waals surface area contributed by atoms with Gasteiger partial charge in [-0.2, -0.15) is 13.2 Å². The molecule has 0 heterocycles. The molecule has 22 heavy (non-hydrogen) atoms. The third-order valence-electron chi connectivity index (χ3n) is 2.26. The van der Waals surface area contributed by atoms with E-state index in [2.05, 4.69) is 10.1 Å². The van der Waals surface area contributed by atoms with Crippen molar-refractivity contribution in [3.8, 4) is 5.75 Å². The van der Waals surface area contributed by atoms with Crippen molar-refractivity contribution in [2.75, 3.05) is 25.1 Å². The van der Waals surface area contributed by atoms with Crippen molar-refractivity contribution < 1.29 is 32.2 Å². The first-order chi connectivity index (χ1) is 10.3. The number of benzene rings is 1. The quantitative estimate of drug-likeness (QED) is 0.710. The number of carbonyl (C=O) groups excluding carboxylic acids is 2. The molecule has 0 spiro atoms. The zero-order valence-electron chi connectivity index (χ0n) is 11.5. The van der Waals surface area contributed by atoms with Crippen molar-refractivity contribution >= 4 is 17.5 Å². The van der Waals surface area contributed by atoms with Crippen molar-refractivity contribution in [3.63, 3.8) is 0 Å². The summed E-state index contributed by atoms with van der Waals surface area (Å²) in [5, 5.41) is 2.48. The van der Waals surface area contributed by atoms with Gasteiger partial charge in [-0.05, 0) is 24.3 Å². The lowest BCUT2D eigenvalue weighted by molar-refractivity contribution is -0.174. The van der Waals surface area contributed by atoms with E-state index in [-0.39, 0.29) is 19.6 Å². The second-order valence-corrected chi connectivity index (χ2v) is 4.25. The molecule has 122 valence electrons. The van der Waals surface area contributed by atoms with E-state index in [9.17, 15) is 22.8 Å². The van der Waals surface area contributed by atoms with Gasteiger partial charge in [0.1, 0.15) is 12.4 Å². The number of ether oxygens (including phenoxy) is 2. The summed E-state index contributed by atoms with van der Waals surface area (Å²) < 4.78 is 44.8. The van der Waals surface area contributed by atoms with Gasteiger partial charge in [-0.3, -0.25) is 9.59 Å². The third kappa shape index (κ3) is 8.10. The fourth-order valence-corrected chi connectivity index (χ4v) is 1.37. The molecule has 0 aromatic heterocycles. The van der Waals surface area contributed by atoms with E-state index in [1.54, 1.807) is 0 Å². The minimum Gasteiger partial charge on any atom is -0.484 e. The minimum atomic E-state index is -4.41. The zero-order valence-corrected chi connectivity index (χ0v) is 11.5. The summed E-state index contributed by atoms with van der Waals surface area (Å²) in [6, 6.07) is 6.06. The smallest absolute Gasteiger partial charge is 0.411 e. The Hall–Kier alpha value is -2.29. The van der Waals surface area contributed by atoms with Crippen LogP contribution in [-0.4, -0.2) is 37.8 Å². The first-order valence-electron chi connectivity index (χ1n) is 6.22. The maximum atomic E-state index is 11.8. The van der Waals surface area contributed by atoms with E-state index in [1.807, 2.05) is 0 Å². The largest absolute Gasteiger partial charge is 0.484 e. The number of hydrogen-bond donors (Lipinski definition) is 2. The Morgan fingerprint density at radius 1 is 1.18 bits per heavy atom. The molecular formula is C13H15F3N2O4. The summed E-state index contributed by atoms with van der Waals surface area (Å²) in [6.07, 6.45) is -4.60. The Morgan fingerprint density at radius 2 is 1.82 bits per heavy atom. The molecule has 0 saturated carbocycles. The van der Waals surface area contributed by atoms with Gasteiger partial charge in [-0.25, -0.2) is 0 Å². The fraction of sp³-hybridized carbons (Fsp3) is 0.385. The Morgan fingerprint density at radius 3 is 2.36 bits per heavy atom. The fourth-order valence-electron chi connectivity index (χ4n) is 1.37. The van der Waals surface area contributed by atoms with E-state index in [4.69, 9.17) is 10.5 Å². The van der Waals surface area contributed by atoms with Gasteiger partial charge in [0.15, 0.2) is 6.61 Å². The van der Waals surface area contributed by atoms with Crippen LogP contribution in [0.15, 0.2) is 24.3 Å². The van der Waals surface area contributed by atoms with Gasteiger partial charge in [0.2, 0.25) is 5.91 Å². The van der Waals surface area contributed by atoms with Crippen LogP contribution in [0.1, 0.15) is 6.42 Å². The molecule has 9 heteroatoms. The number of primary amides is 1. The predicted molar refractivity (Wildman–Crippen MR) is 71.3 cm³/mol. The van der Waals surface area contributed by atoms with Crippen molar-refractivity contribution in [2.45, 2.75) is 12.6 Å². The van der Waals surface area contributed by atoms with Gasteiger partial charge in [0.05, 0.1) is 13.0 Å². The monoisotopic (exact) mass is 320 g/mol. The number of hydrogen-bond acceptors (Lipinski definition) is 4. The van der Waals surface area contributed by atoms with Crippen LogP contribution < -0.4 is 15.8 Å². The minimum absolute atomic E-state index is 0.198. The summed E-state index contributed by atoms with van der Waals surface area (Å²) in [5.41, 5.74) is 5.35. The van der Waals surface area contributed by atoms with E-state index >= 15 is 0 Å². The van der Waals surface area contributed by atoms with Crippen LogP contribution in [0.5, 0.6) is 5.75 Å². The van der Waals surface area contributed by atoms with Gasteiger partial charge in [0.25, 0.3) is 5.91 Å². The highest BCUT2D eigenvalue weighted by molar-refractivity contribution is 5.90. The van der Waals surface area contributed by atoms with Gasteiger partial charge in [-0.15, -0.1) is 0 Å². The number of nitrogens with two attached hydrogens (primary N) is 1. The summed E-state index contributed by atoms with van der Waals surface area (Å²) >= 11 is 0. The Kier molecular flexibility index (Phi) is 6.64. The van der Waals surface area contributed by atoms with Crippen molar-refractivity contribution in [3.05, 3.63) is 24.3 Å². The second-order valence-electron chi connectivity index (χ2n) is 4.25. The first-order valence-corrected chi connectivity index (χ1v) is 6.22. The van der Waals surface area contributed by atoms with Crippen LogP contribution in [0.2, 0.25) is 0 Å². The highest BCUT2D eigenvalue weighted by atomic mass is 19.4. The third-order valence-corrected chi connectivity index (χ3v) is 2.26. The highest BCUT2D eigenvalue weighted by Crippen LogP contribution is 2.16. The van der Waals surface area contributed by atoms with E-state index in [0.29, 0.717) is 11.4 Å². The molecule has 0 radical (unpaired) electrons. The van der Waals surface area contributed by atoms with Gasteiger partial charge < -0.3 is 20.5 Å². The van der Waals surface area contributed by atoms with Crippen molar-refractivity contribution in [1.82, 2.24) is 0 Å². The number of halogens is 3. The lowest BCUT2D eigenvalue weighted by Crippen LogP contribution is -2.20. The molecule has 1 rings (SSSR count). The summed E-state index contributed by atoms with van der Waals surface area (Å²) in [7, 11) is 0. The molecule has 0 bridgehead atoms. The maximum Gasteiger partial charge on any atom is 0.411 e. The van der Waals surface area contributed by atoms with E-state index < -0.39 is 24.6 Å². The highest BCUT2D eigenvalue weighted by Gasteiger charge is 2.27. The molecule has 0 aliphatic heterocycles. The standard InChI is InChI=1S/C13H15F3N2O4/c14-13(15,16)8-21-6-5-12(20)18-9-1-3-10(4-2-9)22-7-11(17)19/h1-4H,5-8H2,(H2,17,19)(H,18,20). The number of carbonyl (C=O) groups is 2. The normalized spacial score (nSPS) is 11.0. The van der Waals surface area contributed by atoms with Crippen LogP contribution in [-0.2, 0) is 14.3 Å². The molecule has 0 aliphatic carbocycles. The zero-order chi connectivity index (χ0) is 16.6. The average Bonchev–Trinajstić information content (AvgIpc) is 2.42. The number of amides is 2. The van der Waals surface area contributed by atoms with Crippen LogP contribution in [0.4, 0.5) is 18.9 Å². The number of rotatable bonds is 8. The SMILES string of the molecule is NC(=O)COc1ccc(NC(=O)CCOCC(F)(F)F)cc1. The van der Waals surface area contributed by atoms with Crippen LogP contribution in [0.25, 0.3) is 0 Å². The molecule has 0 atom stereocenters. The predicted octanol–water partition coefficient (Wildman–Crippen LogP) is 1.46. The van der Waals surface area contributed by atoms with Crippen LogP contribution in [0, 0.1) is 0 Å². The molecule has 6 nitrogen and oxygen atoms in total. The maximum absolute atomic E-state index is 11.8. The lowest BCUT2D eigenvalue weighted by Gasteiger charge is -2.09. The van der Waals surface area contributed by atoms with Crippen LogP contribution >= 0.6 is 0 Å². The molecule has 0 fully saturated rings. The first kappa shape index (κ1) is 17.8. The second kappa shape index (κ2) is 8.23. The Bertz CT molecular complexity index is 503. The molecule has 1 aromatic carbocycles. The topological polar surface area (TPSA) is 90.7 Å². The number of anilines is 1. The molecule has 0 saturated heterocycles. The lowest BCUT2D eigenvalue weighted by atomic mass is 10.3. The Balaban J connectivity index is 2.31. The number of alkyl halides is 3. The summed E-state index contributed by atoms with van der Waals surface area (Å²) in [5.74, 6) is -0.700. The molecule has 0 unspecified atom stereocenters. The van der Waals surface area contributed by atoms with Gasteiger partial charge in [-0.1, -0.05) is 0 Å². The molecule has 0 aliphatic rings. The van der Waals surface area contributed by atoms with Gasteiger partial charge >= 0.3 is 6.18 Å². The summed E-state index contributed by atoms with van der Waals surface area (Å²) in [6.45, 7) is -1.97.